The second-order valence-corrected chi connectivity index (χ2v) is 2.90. The lowest BCUT2D eigenvalue weighted by Gasteiger charge is -2.21. The predicted octanol–water partition coefficient (Wildman–Crippen LogP) is 0.706. The molecule has 4 nitrogen and oxygen atoms in total. The maximum Gasteiger partial charge on any atom is 0.384 e. The molecule has 1 fully saturated rings. The van der Waals surface area contributed by atoms with Crippen molar-refractivity contribution in [3.63, 3.8) is 0 Å². The smallest absolute Gasteiger partial charge is 0.384 e. The SMILES string of the molecule is COC(=O)C#CCO[C@@H]1CCCCO1. The van der Waals surface area contributed by atoms with Crippen molar-refractivity contribution in [2.75, 3.05) is 20.3 Å². The van der Waals surface area contributed by atoms with Gasteiger partial charge in [0.25, 0.3) is 0 Å². The predicted molar refractivity (Wildman–Crippen MR) is 49.3 cm³/mol. The second kappa shape index (κ2) is 6.41. The van der Waals surface area contributed by atoms with Crippen LogP contribution in [0.1, 0.15) is 19.3 Å². The highest BCUT2D eigenvalue weighted by atomic mass is 16.7. The number of carbonyl (C=O) groups is 1. The van der Waals surface area contributed by atoms with Crippen LogP contribution in [0, 0.1) is 11.8 Å². The third kappa shape index (κ3) is 4.26. The molecule has 0 N–H and O–H groups in total. The Labute approximate surface area is 83.5 Å². The number of carbonyl (C=O) groups excluding carboxylic acids is 1. The Bertz CT molecular complexity index is 232. The summed E-state index contributed by atoms with van der Waals surface area (Å²) < 4.78 is 14.9. The molecule has 0 aromatic rings. The molecule has 0 radical (unpaired) electrons. The van der Waals surface area contributed by atoms with Gasteiger partial charge in [-0.05, 0) is 19.3 Å². The fraction of sp³-hybridized carbons (Fsp3) is 0.700. The van der Waals surface area contributed by atoms with Gasteiger partial charge in [0.2, 0.25) is 0 Å². The zero-order chi connectivity index (χ0) is 10.2. The van der Waals surface area contributed by atoms with Crippen LogP contribution in [-0.4, -0.2) is 32.6 Å². The van der Waals surface area contributed by atoms with Crippen LogP contribution in [0.3, 0.4) is 0 Å². The van der Waals surface area contributed by atoms with E-state index in [9.17, 15) is 4.79 Å². The average Bonchev–Trinajstić information content (AvgIpc) is 2.25. The molecule has 0 saturated carbocycles. The van der Waals surface area contributed by atoms with Crippen molar-refractivity contribution < 1.29 is 19.0 Å². The first-order valence-corrected chi connectivity index (χ1v) is 4.63. The lowest BCUT2D eigenvalue weighted by molar-refractivity contribution is -0.154. The van der Waals surface area contributed by atoms with E-state index in [2.05, 4.69) is 16.6 Å². The summed E-state index contributed by atoms with van der Waals surface area (Å²) in [6, 6.07) is 0. The van der Waals surface area contributed by atoms with Gasteiger partial charge in [-0.1, -0.05) is 5.92 Å². The fourth-order valence-corrected chi connectivity index (χ4v) is 1.14. The first kappa shape index (κ1) is 11.0. The van der Waals surface area contributed by atoms with Gasteiger partial charge in [-0.2, -0.15) is 0 Å². The molecule has 0 aromatic carbocycles. The highest BCUT2D eigenvalue weighted by Crippen LogP contribution is 2.12. The highest BCUT2D eigenvalue weighted by molar-refractivity contribution is 5.88. The van der Waals surface area contributed by atoms with E-state index in [4.69, 9.17) is 9.47 Å². The minimum absolute atomic E-state index is 0.157. The van der Waals surface area contributed by atoms with Crippen LogP contribution < -0.4 is 0 Å². The molecule has 0 unspecified atom stereocenters. The fourth-order valence-electron chi connectivity index (χ4n) is 1.14. The molecule has 0 aromatic heterocycles. The van der Waals surface area contributed by atoms with Crippen molar-refractivity contribution in [3.05, 3.63) is 0 Å². The zero-order valence-electron chi connectivity index (χ0n) is 8.25. The summed E-state index contributed by atoms with van der Waals surface area (Å²) in [5, 5.41) is 0. The number of hydrogen-bond acceptors (Lipinski definition) is 4. The van der Waals surface area contributed by atoms with Crippen LogP contribution in [0.15, 0.2) is 0 Å². The van der Waals surface area contributed by atoms with E-state index in [0.717, 1.165) is 25.9 Å². The van der Waals surface area contributed by atoms with E-state index < -0.39 is 5.97 Å². The molecule has 1 saturated heterocycles. The van der Waals surface area contributed by atoms with Crippen LogP contribution in [-0.2, 0) is 19.0 Å². The van der Waals surface area contributed by atoms with Crippen molar-refractivity contribution in [3.8, 4) is 11.8 Å². The molecule has 4 heteroatoms. The van der Waals surface area contributed by atoms with Crippen LogP contribution in [0.2, 0.25) is 0 Å². The van der Waals surface area contributed by atoms with Crippen LogP contribution in [0.25, 0.3) is 0 Å². The first-order chi connectivity index (χ1) is 6.83. The molecule has 1 atom stereocenters. The highest BCUT2D eigenvalue weighted by Gasteiger charge is 2.12. The Kier molecular flexibility index (Phi) is 5.05. The van der Waals surface area contributed by atoms with Crippen molar-refractivity contribution in [2.45, 2.75) is 25.6 Å². The third-order valence-electron chi connectivity index (χ3n) is 1.86. The van der Waals surface area contributed by atoms with Crippen LogP contribution in [0.4, 0.5) is 0 Å². The molecule has 1 aliphatic rings. The molecule has 1 rings (SSSR count). The largest absolute Gasteiger partial charge is 0.459 e. The summed E-state index contributed by atoms with van der Waals surface area (Å²) in [6.45, 7) is 0.953. The number of methoxy groups -OCH3 is 1. The van der Waals surface area contributed by atoms with Gasteiger partial charge in [-0.3, -0.25) is 0 Å². The van der Waals surface area contributed by atoms with Crippen molar-refractivity contribution >= 4 is 5.97 Å². The molecule has 78 valence electrons. The monoisotopic (exact) mass is 198 g/mol. The topological polar surface area (TPSA) is 44.8 Å². The quantitative estimate of drug-likeness (QED) is 0.372. The summed E-state index contributed by atoms with van der Waals surface area (Å²) in [6.07, 6.45) is 2.96. The van der Waals surface area contributed by atoms with Crippen molar-refractivity contribution in [1.82, 2.24) is 0 Å². The standard InChI is InChI=1S/C10H14O4/c1-12-9(11)5-4-8-14-10-6-2-3-7-13-10/h10H,2-3,6-8H2,1H3/t10-/m1/s1. The van der Waals surface area contributed by atoms with E-state index in [0.29, 0.717) is 0 Å². The minimum Gasteiger partial charge on any atom is -0.459 e. The Morgan fingerprint density at radius 2 is 2.43 bits per heavy atom. The van der Waals surface area contributed by atoms with Gasteiger partial charge in [-0.15, -0.1) is 0 Å². The molecular weight excluding hydrogens is 184 g/mol. The number of hydrogen-bond donors (Lipinski definition) is 0. The average molecular weight is 198 g/mol. The molecule has 0 bridgehead atoms. The number of esters is 1. The lowest BCUT2D eigenvalue weighted by atomic mass is 10.2. The van der Waals surface area contributed by atoms with Gasteiger partial charge in [0.1, 0.15) is 6.61 Å². The summed E-state index contributed by atoms with van der Waals surface area (Å²) in [4.78, 5) is 10.6. The Morgan fingerprint density at radius 1 is 1.57 bits per heavy atom. The summed E-state index contributed by atoms with van der Waals surface area (Å²) >= 11 is 0. The van der Waals surface area contributed by atoms with E-state index >= 15 is 0 Å². The van der Waals surface area contributed by atoms with E-state index in [1.54, 1.807) is 0 Å². The van der Waals surface area contributed by atoms with Gasteiger partial charge in [0.05, 0.1) is 7.11 Å². The van der Waals surface area contributed by atoms with E-state index in [-0.39, 0.29) is 12.9 Å². The molecular formula is C10H14O4. The van der Waals surface area contributed by atoms with Crippen molar-refractivity contribution in [1.29, 1.82) is 0 Å². The Hall–Kier alpha value is -1.05. The Balaban J connectivity index is 2.12. The summed E-state index contributed by atoms with van der Waals surface area (Å²) in [5.41, 5.74) is 0. The zero-order valence-corrected chi connectivity index (χ0v) is 8.25. The van der Waals surface area contributed by atoms with Crippen LogP contribution in [0.5, 0.6) is 0 Å². The van der Waals surface area contributed by atoms with Gasteiger partial charge in [-0.25, -0.2) is 4.79 Å². The Morgan fingerprint density at radius 3 is 3.07 bits per heavy atom. The second-order valence-electron chi connectivity index (χ2n) is 2.90. The van der Waals surface area contributed by atoms with Gasteiger partial charge >= 0.3 is 5.97 Å². The molecule has 1 heterocycles. The maximum absolute atomic E-state index is 10.6. The van der Waals surface area contributed by atoms with Crippen LogP contribution >= 0.6 is 0 Å². The first-order valence-electron chi connectivity index (χ1n) is 4.63. The maximum atomic E-state index is 10.6. The molecule has 0 aliphatic carbocycles. The van der Waals surface area contributed by atoms with Gasteiger partial charge in [0, 0.05) is 12.5 Å². The molecule has 0 spiro atoms. The minimum atomic E-state index is -0.543. The summed E-state index contributed by atoms with van der Waals surface area (Å²) in [7, 11) is 1.29. The number of ether oxygens (including phenoxy) is 3. The van der Waals surface area contributed by atoms with E-state index in [1.165, 1.54) is 7.11 Å². The molecule has 14 heavy (non-hydrogen) atoms. The molecule has 1 aliphatic heterocycles. The van der Waals surface area contributed by atoms with Gasteiger partial charge < -0.3 is 14.2 Å². The van der Waals surface area contributed by atoms with E-state index in [1.807, 2.05) is 0 Å². The normalized spacial score (nSPS) is 20.8. The third-order valence-corrected chi connectivity index (χ3v) is 1.86. The summed E-state index contributed by atoms with van der Waals surface area (Å²) in [5.74, 6) is 4.29. The van der Waals surface area contributed by atoms with Gasteiger partial charge in [0.15, 0.2) is 6.29 Å². The molecule has 0 amide bonds. The van der Waals surface area contributed by atoms with Crippen molar-refractivity contribution in [2.24, 2.45) is 0 Å². The lowest BCUT2D eigenvalue weighted by Crippen LogP contribution is -2.22. The number of rotatable bonds is 2.